The van der Waals surface area contributed by atoms with Crippen LogP contribution in [-0.2, 0) is 6.42 Å². The molecule has 0 aromatic heterocycles. The standard InChI is InChI=1S/C18H26N2O/c1-4-5-15-6-10-17(11-7-15)21-14(2)12-18(3,13-19)20-16-8-9-16/h6-7,10-11,14,16,20H,4-5,8-9,12H2,1-3H3. The SMILES string of the molecule is CCCc1ccc(OC(C)CC(C)(C#N)NC2CC2)cc1. The Bertz CT molecular complexity index is 487. The van der Waals surface area contributed by atoms with Crippen LogP contribution in [0, 0.1) is 11.3 Å². The van der Waals surface area contributed by atoms with Crippen LogP contribution >= 0.6 is 0 Å². The number of nitrogens with one attached hydrogen (secondary N) is 1. The third kappa shape index (κ3) is 5.06. The minimum absolute atomic E-state index is 0.0120. The van der Waals surface area contributed by atoms with Gasteiger partial charge in [-0.05, 0) is 50.8 Å². The zero-order valence-electron chi connectivity index (χ0n) is 13.4. The van der Waals surface area contributed by atoms with Crippen molar-refractivity contribution in [1.82, 2.24) is 5.32 Å². The molecule has 0 bridgehead atoms. The van der Waals surface area contributed by atoms with Gasteiger partial charge in [-0.3, -0.25) is 5.32 Å². The topological polar surface area (TPSA) is 45.0 Å². The zero-order valence-corrected chi connectivity index (χ0v) is 13.4. The number of ether oxygens (including phenoxy) is 1. The minimum Gasteiger partial charge on any atom is -0.491 e. The molecule has 1 aromatic carbocycles. The van der Waals surface area contributed by atoms with Gasteiger partial charge in [0.05, 0.1) is 12.2 Å². The summed E-state index contributed by atoms with van der Waals surface area (Å²) in [4.78, 5) is 0. The third-order valence-electron chi connectivity index (χ3n) is 3.84. The molecule has 1 N–H and O–H groups in total. The first-order chi connectivity index (χ1) is 10.0. The molecule has 2 rings (SSSR count). The second-order valence-corrected chi connectivity index (χ2v) is 6.39. The molecule has 1 aromatic rings. The molecule has 114 valence electrons. The van der Waals surface area contributed by atoms with Gasteiger partial charge >= 0.3 is 0 Å². The highest BCUT2D eigenvalue weighted by Crippen LogP contribution is 2.25. The van der Waals surface area contributed by atoms with Crippen molar-refractivity contribution in [1.29, 1.82) is 5.26 Å². The molecule has 1 fully saturated rings. The fourth-order valence-corrected chi connectivity index (χ4v) is 2.69. The molecular weight excluding hydrogens is 260 g/mol. The predicted molar refractivity (Wildman–Crippen MR) is 85.3 cm³/mol. The quantitative estimate of drug-likeness (QED) is 0.790. The van der Waals surface area contributed by atoms with Crippen molar-refractivity contribution in [2.75, 3.05) is 0 Å². The summed E-state index contributed by atoms with van der Waals surface area (Å²) >= 11 is 0. The van der Waals surface area contributed by atoms with Gasteiger partial charge in [0.1, 0.15) is 11.3 Å². The number of hydrogen-bond donors (Lipinski definition) is 1. The molecule has 3 nitrogen and oxygen atoms in total. The average molecular weight is 286 g/mol. The van der Waals surface area contributed by atoms with Crippen molar-refractivity contribution in [2.45, 2.75) is 70.6 Å². The van der Waals surface area contributed by atoms with Crippen molar-refractivity contribution in [3.8, 4) is 11.8 Å². The van der Waals surface area contributed by atoms with Crippen LogP contribution < -0.4 is 10.1 Å². The maximum atomic E-state index is 9.40. The van der Waals surface area contributed by atoms with E-state index in [1.807, 2.05) is 26.0 Å². The fourth-order valence-electron chi connectivity index (χ4n) is 2.69. The van der Waals surface area contributed by atoms with Crippen molar-refractivity contribution >= 4 is 0 Å². The van der Waals surface area contributed by atoms with E-state index in [0.29, 0.717) is 12.5 Å². The molecule has 0 spiro atoms. The van der Waals surface area contributed by atoms with E-state index in [9.17, 15) is 5.26 Å². The third-order valence-corrected chi connectivity index (χ3v) is 3.84. The van der Waals surface area contributed by atoms with Gasteiger partial charge < -0.3 is 4.74 Å². The van der Waals surface area contributed by atoms with E-state index in [1.165, 1.54) is 18.4 Å². The van der Waals surface area contributed by atoms with Crippen LogP contribution in [0.5, 0.6) is 5.75 Å². The summed E-state index contributed by atoms with van der Waals surface area (Å²) in [5.74, 6) is 0.883. The summed E-state index contributed by atoms with van der Waals surface area (Å²) in [6.07, 6.45) is 5.34. The van der Waals surface area contributed by atoms with Crippen molar-refractivity contribution in [3.05, 3.63) is 29.8 Å². The Kier molecular flexibility index (Phi) is 5.25. The van der Waals surface area contributed by atoms with Gasteiger partial charge in [0, 0.05) is 12.5 Å². The lowest BCUT2D eigenvalue weighted by Crippen LogP contribution is -2.45. The van der Waals surface area contributed by atoms with Crippen molar-refractivity contribution < 1.29 is 4.74 Å². The molecule has 1 aliphatic carbocycles. The van der Waals surface area contributed by atoms with Gasteiger partial charge in [-0.15, -0.1) is 0 Å². The average Bonchev–Trinajstić information content (AvgIpc) is 3.25. The molecule has 1 aliphatic rings. The Labute approximate surface area is 128 Å². The van der Waals surface area contributed by atoms with E-state index in [2.05, 4.69) is 30.4 Å². The molecule has 2 unspecified atom stereocenters. The van der Waals surface area contributed by atoms with Crippen LogP contribution in [-0.4, -0.2) is 17.7 Å². The van der Waals surface area contributed by atoms with Gasteiger partial charge in [0.15, 0.2) is 0 Å². The molecular formula is C18H26N2O. The van der Waals surface area contributed by atoms with Crippen LogP contribution in [0.2, 0.25) is 0 Å². The number of benzene rings is 1. The number of hydrogen-bond acceptors (Lipinski definition) is 3. The number of rotatable bonds is 8. The maximum absolute atomic E-state index is 9.40. The van der Waals surface area contributed by atoms with E-state index in [1.54, 1.807) is 0 Å². The summed E-state index contributed by atoms with van der Waals surface area (Å²) < 4.78 is 5.96. The first-order valence-electron chi connectivity index (χ1n) is 7.99. The lowest BCUT2D eigenvalue weighted by Gasteiger charge is -2.27. The maximum Gasteiger partial charge on any atom is 0.119 e. The van der Waals surface area contributed by atoms with E-state index in [0.717, 1.165) is 18.6 Å². The molecule has 0 saturated heterocycles. The number of nitriles is 1. The van der Waals surface area contributed by atoms with E-state index < -0.39 is 5.54 Å². The smallest absolute Gasteiger partial charge is 0.119 e. The largest absolute Gasteiger partial charge is 0.491 e. The first kappa shape index (κ1) is 15.9. The Hall–Kier alpha value is -1.53. The van der Waals surface area contributed by atoms with Crippen LogP contribution in [0.25, 0.3) is 0 Å². The van der Waals surface area contributed by atoms with Crippen LogP contribution in [0.15, 0.2) is 24.3 Å². The molecule has 0 aliphatic heterocycles. The molecule has 21 heavy (non-hydrogen) atoms. The minimum atomic E-state index is -0.497. The second kappa shape index (κ2) is 6.95. The van der Waals surface area contributed by atoms with Crippen molar-refractivity contribution in [3.63, 3.8) is 0 Å². The highest BCUT2D eigenvalue weighted by atomic mass is 16.5. The van der Waals surface area contributed by atoms with Gasteiger partial charge in [0.25, 0.3) is 0 Å². The summed E-state index contributed by atoms with van der Waals surface area (Å²) in [6, 6.07) is 11.2. The summed E-state index contributed by atoms with van der Waals surface area (Å²) in [5.41, 5.74) is 0.845. The monoisotopic (exact) mass is 286 g/mol. The van der Waals surface area contributed by atoms with Gasteiger partial charge in [-0.1, -0.05) is 25.5 Å². The Balaban J connectivity index is 1.87. The predicted octanol–water partition coefficient (Wildman–Crippen LogP) is 3.83. The summed E-state index contributed by atoms with van der Waals surface area (Å²) in [7, 11) is 0. The van der Waals surface area contributed by atoms with Crippen LogP contribution in [0.4, 0.5) is 0 Å². The molecule has 1 saturated carbocycles. The highest BCUT2D eigenvalue weighted by Gasteiger charge is 2.34. The number of aryl methyl sites for hydroxylation is 1. The van der Waals surface area contributed by atoms with Gasteiger partial charge in [0.2, 0.25) is 0 Å². The molecule has 0 heterocycles. The highest BCUT2D eigenvalue weighted by molar-refractivity contribution is 5.27. The molecule has 2 atom stereocenters. The van der Waals surface area contributed by atoms with Gasteiger partial charge in [-0.2, -0.15) is 5.26 Å². The van der Waals surface area contributed by atoms with E-state index in [4.69, 9.17) is 4.74 Å². The normalized spacial score (nSPS) is 18.6. The molecule has 0 amide bonds. The fraction of sp³-hybridized carbons (Fsp3) is 0.611. The number of nitrogens with zero attached hydrogens (tertiary/aromatic N) is 1. The van der Waals surface area contributed by atoms with Gasteiger partial charge in [-0.25, -0.2) is 0 Å². The zero-order chi connectivity index (χ0) is 15.3. The van der Waals surface area contributed by atoms with Crippen molar-refractivity contribution in [2.24, 2.45) is 0 Å². The molecule has 3 heteroatoms. The van der Waals surface area contributed by atoms with E-state index in [-0.39, 0.29) is 6.10 Å². The Morgan fingerprint density at radius 3 is 2.57 bits per heavy atom. The summed E-state index contributed by atoms with van der Waals surface area (Å²) in [5, 5.41) is 12.8. The lowest BCUT2D eigenvalue weighted by atomic mass is 9.96. The first-order valence-corrected chi connectivity index (χ1v) is 7.99. The van der Waals surface area contributed by atoms with Crippen LogP contribution in [0.1, 0.15) is 52.0 Å². The summed E-state index contributed by atoms with van der Waals surface area (Å²) in [6.45, 7) is 6.18. The Morgan fingerprint density at radius 2 is 2.05 bits per heavy atom. The Morgan fingerprint density at radius 1 is 1.38 bits per heavy atom. The molecule has 0 radical (unpaired) electrons. The van der Waals surface area contributed by atoms with Crippen LogP contribution in [0.3, 0.4) is 0 Å². The lowest BCUT2D eigenvalue weighted by molar-refractivity contribution is 0.179. The second-order valence-electron chi connectivity index (χ2n) is 6.39. The van der Waals surface area contributed by atoms with E-state index >= 15 is 0 Å².